The molecule has 124 valence electrons. The Balaban J connectivity index is 1.89. The maximum atomic E-state index is 12.4. The molecule has 0 fully saturated rings. The lowest BCUT2D eigenvalue weighted by Crippen LogP contribution is -2.13. The number of carbonyl (C=O) groups excluding carboxylic acids is 1. The minimum atomic E-state index is -2.95. The first-order valence-corrected chi connectivity index (χ1v) is 7.40. The van der Waals surface area contributed by atoms with Crippen LogP contribution in [-0.4, -0.2) is 17.5 Å². The number of alkyl halides is 2. The minimum absolute atomic E-state index is 0.0735. The molecule has 6 heteroatoms. The van der Waals surface area contributed by atoms with Crippen molar-refractivity contribution in [1.29, 1.82) is 0 Å². The smallest absolute Gasteiger partial charge is 0.387 e. The lowest BCUT2D eigenvalue weighted by molar-refractivity contribution is -0.0493. The van der Waals surface area contributed by atoms with Gasteiger partial charge in [0.1, 0.15) is 5.75 Å². The molecule has 3 rings (SSSR count). The van der Waals surface area contributed by atoms with Gasteiger partial charge in [0.2, 0.25) is 0 Å². The zero-order chi connectivity index (χ0) is 17.3. The number of anilines is 1. The summed E-state index contributed by atoms with van der Waals surface area (Å²) in [7, 11) is 0. The summed E-state index contributed by atoms with van der Waals surface area (Å²) in [5, 5.41) is 3.57. The molecule has 1 heterocycles. The number of aryl methyl sites for hydroxylation is 2. The second kappa shape index (κ2) is 6.31. The molecule has 2 N–H and O–H groups in total. The number of rotatable bonds is 4. The molecule has 2 aromatic carbocycles. The van der Waals surface area contributed by atoms with Gasteiger partial charge in [0, 0.05) is 22.2 Å². The fourth-order valence-corrected chi connectivity index (χ4v) is 2.57. The maximum Gasteiger partial charge on any atom is 0.387 e. The molecule has 0 radical (unpaired) electrons. The van der Waals surface area contributed by atoms with Crippen molar-refractivity contribution in [1.82, 2.24) is 4.98 Å². The van der Waals surface area contributed by atoms with Crippen LogP contribution in [0.1, 0.15) is 21.6 Å². The first-order chi connectivity index (χ1) is 11.5. The summed E-state index contributed by atoms with van der Waals surface area (Å²) in [6, 6.07) is 11.4. The molecule has 0 saturated heterocycles. The average Bonchev–Trinajstić information content (AvgIpc) is 2.83. The van der Waals surface area contributed by atoms with Crippen LogP contribution in [0, 0.1) is 13.8 Å². The zero-order valence-corrected chi connectivity index (χ0v) is 13.2. The minimum Gasteiger partial charge on any atom is -0.433 e. The normalized spacial score (nSPS) is 11.0. The second-order valence-corrected chi connectivity index (χ2v) is 5.46. The highest BCUT2D eigenvalue weighted by Crippen LogP contribution is 2.27. The van der Waals surface area contributed by atoms with Crippen molar-refractivity contribution >= 4 is 22.5 Å². The van der Waals surface area contributed by atoms with Gasteiger partial charge < -0.3 is 15.0 Å². The van der Waals surface area contributed by atoms with Crippen LogP contribution in [0.25, 0.3) is 10.9 Å². The van der Waals surface area contributed by atoms with Crippen molar-refractivity contribution in [3.05, 3.63) is 59.3 Å². The Bertz CT molecular complexity index is 903. The third-order valence-electron chi connectivity index (χ3n) is 3.92. The van der Waals surface area contributed by atoms with Crippen molar-refractivity contribution in [2.24, 2.45) is 0 Å². The molecule has 1 aromatic heterocycles. The molecule has 0 aliphatic carbocycles. The van der Waals surface area contributed by atoms with Crippen molar-refractivity contribution < 1.29 is 18.3 Å². The van der Waals surface area contributed by atoms with Crippen LogP contribution >= 0.6 is 0 Å². The lowest BCUT2D eigenvalue weighted by atomic mass is 10.1. The van der Waals surface area contributed by atoms with E-state index in [9.17, 15) is 13.6 Å². The van der Waals surface area contributed by atoms with E-state index in [0.717, 1.165) is 22.2 Å². The van der Waals surface area contributed by atoms with E-state index < -0.39 is 6.61 Å². The lowest BCUT2D eigenvalue weighted by Gasteiger charge is -2.11. The van der Waals surface area contributed by atoms with Crippen LogP contribution < -0.4 is 10.1 Å². The van der Waals surface area contributed by atoms with Crippen LogP contribution in [0.5, 0.6) is 5.75 Å². The third-order valence-corrected chi connectivity index (χ3v) is 3.92. The fraction of sp³-hybridized carbons (Fsp3) is 0.167. The predicted octanol–water partition coefficient (Wildman–Crippen LogP) is 4.64. The summed E-state index contributed by atoms with van der Waals surface area (Å²) in [6.07, 6.45) is 0. The molecule has 4 nitrogen and oxygen atoms in total. The van der Waals surface area contributed by atoms with Crippen LogP contribution in [0.3, 0.4) is 0 Å². The van der Waals surface area contributed by atoms with E-state index in [4.69, 9.17) is 0 Å². The van der Waals surface area contributed by atoms with Gasteiger partial charge in [-0.05, 0) is 49.7 Å². The maximum absolute atomic E-state index is 12.4. The topological polar surface area (TPSA) is 54.1 Å². The molecule has 0 aliphatic rings. The van der Waals surface area contributed by atoms with E-state index in [1.807, 2.05) is 19.9 Å². The van der Waals surface area contributed by atoms with Gasteiger partial charge in [-0.1, -0.05) is 12.1 Å². The summed E-state index contributed by atoms with van der Waals surface area (Å²) in [5.74, 6) is -0.462. The number of hydrogen-bond donors (Lipinski definition) is 2. The Hall–Kier alpha value is -2.89. The Morgan fingerprint density at radius 3 is 2.67 bits per heavy atom. The van der Waals surface area contributed by atoms with E-state index in [0.29, 0.717) is 5.56 Å². The van der Waals surface area contributed by atoms with Gasteiger partial charge in [-0.3, -0.25) is 4.79 Å². The SMILES string of the molecule is Cc1[nH]c2ccc(C(=O)Nc3ccccc3OC(F)F)cc2c1C. The summed E-state index contributed by atoms with van der Waals surface area (Å²) in [5.41, 5.74) is 3.70. The van der Waals surface area contributed by atoms with E-state index in [-0.39, 0.29) is 17.3 Å². The first kappa shape index (κ1) is 16.0. The van der Waals surface area contributed by atoms with E-state index in [1.165, 1.54) is 12.1 Å². The van der Waals surface area contributed by atoms with Gasteiger partial charge in [-0.15, -0.1) is 0 Å². The largest absolute Gasteiger partial charge is 0.433 e. The van der Waals surface area contributed by atoms with Gasteiger partial charge in [-0.25, -0.2) is 0 Å². The van der Waals surface area contributed by atoms with Crippen LogP contribution in [0.4, 0.5) is 14.5 Å². The molecule has 0 aliphatic heterocycles. The van der Waals surface area contributed by atoms with Crippen LogP contribution in [0.15, 0.2) is 42.5 Å². The third kappa shape index (κ3) is 3.08. The number of para-hydroxylation sites is 2. The van der Waals surface area contributed by atoms with Crippen LogP contribution in [-0.2, 0) is 0 Å². The highest BCUT2D eigenvalue weighted by atomic mass is 19.3. The standard InChI is InChI=1S/C18H16F2N2O2/c1-10-11(2)21-14-8-7-12(9-13(10)14)17(23)22-15-5-3-4-6-16(15)24-18(19)20/h3-9,18,21H,1-2H3,(H,22,23). The van der Waals surface area contributed by atoms with Gasteiger partial charge in [0.15, 0.2) is 0 Å². The summed E-state index contributed by atoms with van der Waals surface area (Å²) >= 11 is 0. The van der Waals surface area contributed by atoms with Gasteiger partial charge >= 0.3 is 6.61 Å². The molecule has 0 bridgehead atoms. The Kier molecular flexibility index (Phi) is 4.20. The molecule has 1 amide bonds. The molecular weight excluding hydrogens is 314 g/mol. The Morgan fingerprint density at radius 1 is 1.17 bits per heavy atom. The summed E-state index contributed by atoms with van der Waals surface area (Å²) < 4.78 is 29.3. The monoisotopic (exact) mass is 330 g/mol. The Labute approximate surface area is 137 Å². The number of aromatic nitrogens is 1. The number of nitrogens with one attached hydrogen (secondary N) is 2. The number of H-pyrrole nitrogens is 1. The molecule has 0 saturated carbocycles. The molecule has 0 atom stereocenters. The van der Waals surface area contributed by atoms with Crippen molar-refractivity contribution in [2.75, 3.05) is 5.32 Å². The van der Waals surface area contributed by atoms with E-state index in [1.54, 1.807) is 24.3 Å². The average molecular weight is 330 g/mol. The van der Waals surface area contributed by atoms with Crippen molar-refractivity contribution in [3.8, 4) is 5.75 Å². The molecule has 3 aromatic rings. The number of fused-ring (bicyclic) bond motifs is 1. The van der Waals surface area contributed by atoms with E-state index >= 15 is 0 Å². The van der Waals surface area contributed by atoms with Gasteiger partial charge in [0.05, 0.1) is 5.69 Å². The quantitative estimate of drug-likeness (QED) is 0.732. The predicted molar refractivity (Wildman–Crippen MR) is 88.8 cm³/mol. The number of aromatic amines is 1. The van der Waals surface area contributed by atoms with Crippen molar-refractivity contribution in [3.63, 3.8) is 0 Å². The zero-order valence-electron chi connectivity index (χ0n) is 13.2. The van der Waals surface area contributed by atoms with Crippen LogP contribution in [0.2, 0.25) is 0 Å². The number of halogens is 2. The highest BCUT2D eigenvalue weighted by Gasteiger charge is 2.14. The number of hydrogen-bond acceptors (Lipinski definition) is 2. The number of benzene rings is 2. The molecule has 0 unspecified atom stereocenters. The Morgan fingerprint density at radius 2 is 1.92 bits per heavy atom. The van der Waals surface area contributed by atoms with E-state index in [2.05, 4.69) is 15.0 Å². The first-order valence-electron chi connectivity index (χ1n) is 7.40. The second-order valence-electron chi connectivity index (χ2n) is 5.46. The number of amides is 1. The van der Waals surface area contributed by atoms with Gasteiger partial charge in [0.25, 0.3) is 5.91 Å². The molecule has 24 heavy (non-hydrogen) atoms. The highest BCUT2D eigenvalue weighted by molar-refractivity contribution is 6.07. The van der Waals surface area contributed by atoms with Crippen molar-refractivity contribution in [2.45, 2.75) is 20.5 Å². The molecular formula is C18H16F2N2O2. The molecule has 0 spiro atoms. The van der Waals surface area contributed by atoms with Gasteiger partial charge in [-0.2, -0.15) is 8.78 Å². The number of carbonyl (C=O) groups is 1. The summed E-state index contributed by atoms with van der Waals surface area (Å²) in [4.78, 5) is 15.7. The fourth-order valence-electron chi connectivity index (χ4n) is 2.57. The summed E-state index contributed by atoms with van der Waals surface area (Å²) in [6.45, 7) is 0.985. The number of ether oxygens (including phenoxy) is 1.